The molecule has 1 aromatic carbocycles. The zero-order valence-electron chi connectivity index (χ0n) is 17.3. The van der Waals surface area contributed by atoms with E-state index in [1.54, 1.807) is 6.20 Å². The fourth-order valence-electron chi connectivity index (χ4n) is 3.84. The van der Waals surface area contributed by atoms with E-state index in [1.807, 2.05) is 35.2 Å². The molecule has 170 valence electrons. The maximum atomic E-state index is 13.2. The monoisotopic (exact) mass is 494 g/mol. The van der Waals surface area contributed by atoms with Crippen LogP contribution in [0.4, 0.5) is 0 Å². The standard InChI is InChI=1S/C21H30N4OS.3ClH/c1-2-3-8-18-14-25(12-11-24(18)13-17(22)15-27)21(26)19-9-4-6-16-7-5-10-23-20(16)19;;;/h4-7,9-10,17-18,27H,2-3,8,11-15,22H2,1H3;3*1H/t17-,18+;;;/m1.../s1. The van der Waals surface area contributed by atoms with Gasteiger partial charge in [-0.15, -0.1) is 37.2 Å². The van der Waals surface area contributed by atoms with Gasteiger partial charge in [0.2, 0.25) is 0 Å². The average Bonchev–Trinajstić information content (AvgIpc) is 2.71. The molecule has 9 heteroatoms. The van der Waals surface area contributed by atoms with Gasteiger partial charge in [-0.3, -0.25) is 14.7 Å². The van der Waals surface area contributed by atoms with Crippen molar-refractivity contribution in [3.05, 3.63) is 42.1 Å². The van der Waals surface area contributed by atoms with E-state index in [2.05, 4.69) is 29.4 Å². The van der Waals surface area contributed by atoms with Gasteiger partial charge in [-0.2, -0.15) is 12.6 Å². The molecule has 0 spiro atoms. The lowest BCUT2D eigenvalue weighted by Gasteiger charge is -2.42. The third-order valence-corrected chi connectivity index (χ3v) is 5.82. The number of amides is 1. The second-order valence-electron chi connectivity index (χ2n) is 7.37. The number of fused-ring (bicyclic) bond motifs is 1. The molecule has 0 radical (unpaired) electrons. The first-order chi connectivity index (χ1) is 13.1. The van der Waals surface area contributed by atoms with Crippen LogP contribution in [0.15, 0.2) is 36.5 Å². The van der Waals surface area contributed by atoms with Crippen molar-refractivity contribution in [2.75, 3.05) is 31.9 Å². The smallest absolute Gasteiger partial charge is 0.256 e. The topological polar surface area (TPSA) is 62.5 Å². The fourth-order valence-corrected chi connectivity index (χ4v) is 3.95. The third-order valence-electron chi connectivity index (χ3n) is 5.35. The first-order valence-electron chi connectivity index (χ1n) is 9.87. The number of carbonyl (C=O) groups excluding carboxylic acids is 1. The Morgan fingerprint density at radius 3 is 2.67 bits per heavy atom. The fraction of sp³-hybridized carbons (Fsp3) is 0.524. The summed E-state index contributed by atoms with van der Waals surface area (Å²) < 4.78 is 0. The van der Waals surface area contributed by atoms with Crippen LogP contribution in [-0.2, 0) is 0 Å². The molecule has 5 nitrogen and oxygen atoms in total. The number of benzene rings is 1. The van der Waals surface area contributed by atoms with E-state index in [4.69, 9.17) is 5.73 Å². The van der Waals surface area contributed by atoms with Crippen LogP contribution in [0.3, 0.4) is 0 Å². The molecule has 2 heterocycles. The second-order valence-corrected chi connectivity index (χ2v) is 7.73. The maximum Gasteiger partial charge on any atom is 0.256 e. The summed E-state index contributed by atoms with van der Waals surface area (Å²) in [5.74, 6) is 0.764. The molecule has 0 aliphatic carbocycles. The number of rotatable bonds is 7. The first-order valence-corrected chi connectivity index (χ1v) is 10.5. The predicted molar refractivity (Wildman–Crippen MR) is 136 cm³/mol. The number of aromatic nitrogens is 1. The molecular weight excluding hydrogens is 463 g/mol. The Hall–Kier alpha value is -0.760. The number of halogens is 3. The molecule has 2 atom stereocenters. The van der Waals surface area contributed by atoms with E-state index in [1.165, 1.54) is 0 Å². The summed E-state index contributed by atoms with van der Waals surface area (Å²) in [6, 6.07) is 10.2. The van der Waals surface area contributed by atoms with Gasteiger partial charge in [0.15, 0.2) is 0 Å². The van der Waals surface area contributed by atoms with Crippen molar-refractivity contribution < 1.29 is 4.79 Å². The van der Waals surface area contributed by atoms with Crippen LogP contribution in [0.5, 0.6) is 0 Å². The van der Waals surface area contributed by atoms with Crippen LogP contribution in [0.1, 0.15) is 36.5 Å². The number of piperazine rings is 1. The highest BCUT2D eigenvalue weighted by Gasteiger charge is 2.30. The lowest BCUT2D eigenvalue weighted by molar-refractivity contribution is 0.0450. The van der Waals surface area contributed by atoms with E-state index in [0.717, 1.165) is 56.3 Å². The van der Waals surface area contributed by atoms with Gasteiger partial charge in [0.1, 0.15) is 0 Å². The number of para-hydroxylation sites is 1. The molecule has 2 aromatic rings. The van der Waals surface area contributed by atoms with Gasteiger partial charge < -0.3 is 10.6 Å². The van der Waals surface area contributed by atoms with E-state index >= 15 is 0 Å². The van der Waals surface area contributed by atoms with Gasteiger partial charge in [-0.25, -0.2) is 0 Å². The lowest BCUT2D eigenvalue weighted by atomic mass is 10.0. The van der Waals surface area contributed by atoms with Crippen molar-refractivity contribution in [2.45, 2.75) is 38.3 Å². The van der Waals surface area contributed by atoms with Gasteiger partial charge in [0.25, 0.3) is 5.91 Å². The Labute approximate surface area is 203 Å². The van der Waals surface area contributed by atoms with Crippen LogP contribution in [0.2, 0.25) is 0 Å². The van der Waals surface area contributed by atoms with Gasteiger partial charge in [-0.05, 0) is 18.6 Å². The summed E-state index contributed by atoms with van der Waals surface area (Å²) in [6.45, 7) is 5.39. The maximum absolute atomic E-state index is 13.2. The van der Waals surface area contributed by atoms with Crippen molar-refractivity contribution in [2.24, 2.45) is 5.73 Å². The number of unbranched alkanes of at least 4 members (excludes halogenated alkanes) is 1. The van der Waals surface area contributed by atoms with E-state index < -0.39 is 0 Å². The molecule has 1 aliphatic heterocycles. The largest absolute Gasteiger partial charge is 0.336 e. The summed E-state index contributed by atoms with van der Waals surface area (Å²) in [5.41, 5.74) is 7.62. The van der Waals surface area contributed by atoms with Gasteiger partial charge in [0.05, 0.1) is 11.1 Å². The normalized spacial score (nSPS) is 17.4. The predicted octanol–water partition coefficient (Wildman–Crippen LogP) is 4.07. The second kappa shape index (κ2) is 14.3. The Balaban J connectivity index is 0.00000280. The average molecular weight is 496 g/mol. The SMILES string of the molecule is CCCC[C@H]1CN(C(=O)c2cccc3cccnc23)CCN1C[C@@H](N)CS.Cl.Cl.Cl. The molecule has 30 heavy (non-hydrogen) atoms. The van der Waals surface area contributed by atoms with Crippen LogP contribution in [-0.4, -0.2) is 64.7 Å². The highest BCUT2D eigenvalue weighted by atomic mass is 35.5. The molecule has 1 fully saturated rings. The highest BCUT2D eigenvalue weighted by Crippen LogP contribution is 2.21. The number of hydrogen-bond donors (Lipinski definition) is 2. The number of nitrogens with zero attached hydrogens (tertiary/aromatic N) is 3. The zero-order chi connectivity index (χ0) is 19.2. The van der Waals surface area contributed by atoms with Crippen molar-refractivity contribution in [3.8, 4) is 0 Å². The number of pyridine rings is 1. The summed E-state index contributed by atoms with van der Waals surface area (Å²) in [7, 11) is 0. The lowest BCUT2D eigenvalue weighted by Crippen LogP contribution is -2.57. The number of hydrogen-bond acceptors (Lipinski definition) is 5. The number of carbonyl (C=O) groups is 1. The van der Waals surface area contributed by atoms with E-state index in [0.29, 0.717) is 17.4 Å². The minimum atomic E-state index is 0. The van der Waals surface area contributed by atoms with Gasteiger partial charge in [0, 0.05) is 55.6 Å². The van der Waals surface area contributed by atoms with Gasteiger partial charge >= 0.3 is 0 Å². The van der Waals surface area contributed by atoms with Crippen LogP contribution < -0.4 is 5.73 Å². The molecule has 1 aliphatic rings. The molecule has 0 saturated carbocycles. The van der Waals surface area contributed by atoms with Crippen molar-refractivity contribution >= 4 is 66.7 Å². The van der Waals surface area contributed by atoms with Gasteiger partial charge in [-0.1, -0.05) is 38.0 Å². The molecule has 1 aromatic heterocycles. The molecule has 1 saturated heterocycles. The summed E-state index contributed by atoms with van der Waals surface area (Å²) >= 11 is 4.32. The summed E-state index contributed by atoms with van der Waals surface area (Å²) in [4.78, 5) is 22.1. The number of nitrogens with two attached hydrogens (primary N) is 1. The van der Waals surface area contributed by atoms with Crippen LogP contribution in [0, 0.1) is 0 Å². The summed E-state index contributed by atoms with van der Waals surface area (Å²) in [6.07, 6.45) is 5.16. The molecular formula is C21H33Cl3N4OS. The highest BCUT2D eigenvalue weighted by molar-refractivity contribution is 7.80. The molecule has 1 amide bonds. The molecule has 0 bridgehead atoms. The molecule has 0 unspecified atom stereocenters. The van der Waals surface area contributed by atoms with E-state index in [-0.39, 0.29) is 49.2 Å². The number of thiol groups is 1. The van der Waals surface area contributed by atoms with Crippen LogP contribution >= 0.6 is 49.8 Å². The minimum Gasteiger partial charge on any atom is -0.336 e. The Morgan fingerprint density at radius 1 is 1.23 bits per heavy atom. The van der Waals surface area contributed by atoms with Crippen molar-refractivity contribution in [3.63, 3.8) is 0 Å². The Morgan fingerprint density at radius 2 is 1.97 bits per heavy atom. The summed E-state index contributed by atoms with van der Waals surface area (Å²) in [5, 5.41) is 1.00. The molecule has 2 N–H and O–H groups in total. The van der Waals surface area contributed by atoms with Crippen molar-refractivity contribution in [1.82, 2.24) is 14.8 Å². The Bertz CT molecular complexity index is 778. The van der Waals surface area contributed by atoms with Crippen LogP contribution in [0.25, 0.3) is 10.9 Å². The third kappa shape index (κ3) is 7.14. The van der Waals surface area contributed by atoms with E-state index in [9.17, 15) is 4.79 Å². The zero-order valence-corrected chi connectivity index (χ0v) is 20.6. The Kier molecular flexibility index (Phi) is 14.0. The first kappa shape index (κ1) is 29.2. The quantitative estimate of drug-likeness (QED) is 0.568. The molecule has 3 rings (SSSR count). The minimum absolute atomic E-state index is 0. The van der Waals surface area contributed by atoms with Crippen molar-refractivity contribution in [1.29, 1.82) is 0 Å².